The van der Waals surface area contributed by atoms with Crippen molar-refractivity contribution in [2.75, 3.05) is 5.75 Å². The molecule has 0 aliphatic rings. The van der Waals surface area contributed by atoms with Crippen molar-refractivity contribution in [1.82, 2.24) is 0 Å². The molecule has 0 aliphatic carbocycles. The van der Waals surface area contributed by atoms with Crippen LogP contribution in [0.4, 0.5) is 0 Å². The third-order valence-electron chi connectivity index (χ3n) is 1.79. The molecule has 1 N–H and O–H groups in total. The molecule has 1 rings (SSSR count). The quantitative estimate of drug-likeness (QED) is 0.855. The SMILES string of the molecule is O=S(=O)(O)CCCc1cc(Cl)cc(Cl)c1. The predicted molar refractivity (Wildman–Crippen MR) is 61.2 cm³/mol. The van der Waals surface area contributed by atoms with E-state index in [0.29, 0.717) is 22.9 Å². The van der Waals surface area contributed by atoms with Crippen LogP contribution in [0, 0.1) is 0 Å². The van der Waals surface area contributed by atoms with Crippen LogP contribution in [-0.4, -0.2) is 18.7 Å². The summed E-state index contributed by atoms with van der Waals surface area (Å²) in [6, 6.07) is 5.05. The Bertz CT molecular complexity index is 422. The number of rotatable bonds is 4. The maximum Gasteiger partial charge on any atom is 0.264 e. The van der Waals surface area contributed by atoms with Gasteiger partial charge in [-0.1, -0.05) is 23.2 Å². The van der Waals surface area contributed by atoms with Gasteiger partial charge in [-0.3, -0.25) is 4.55 Å². The first-order chi connectivity index (χ1) is 6.87. The van der Waals surface area contributed by atoms with E-state index in [9.17, 15) is 8.42 Å². The molecule has 0 saturated carbocycles. The molecule has 15 heavy (non-hydrogen) atoms. The largest absolute Gasteiger partial charge is 0.286 e. The Kier molecular flexibility index (Phi) is 4.40. The van der Waals surface area contributed by atoms with Crippen molar-refractivity contribution < 1.29 is 13.0 Å². The zero-order chi connectivity index (χ0) is 11.5. The van der Waals surface area contributed by atoms with Crippen LogP contribution >= 0.6 is 23.2 Å². The van der Waals surface area contributed by atoms with Crippen LogP contribution in [0.15, 0.2) is 18.2 Å². The molecule has 0 bridgehead atoms. The van der Waals surface area contributed by atoms with E-state index in [-0.39, 0.29) is 5.75 Å². The fourth-order valence-corrected chi connectivity index (χ4v) is 2.29. The van der Waals surface area contributed by atoms with Gasteiger partial charge in [0.1, 0.15) is 0 Å². The fourth-order valence-electron chi connectivity index (χ4n) is 1.21. The van der Waals surface area contributed by atoms with Gasteiger partial charge in [0.2, 0.25) is 0 Å². The predicted octanol–water partition coefficient (Wildman–Crippen LogP) is 2.81. The lowest BCUT2D eigenvalue weighted by atomic mass is 10.1. The lowest BCUT2D eigenvalue weighted by Gasteiger charge is -2.02. The molecule has 84 valence electrons. The van der Waals surface area contributed by atoms with Gasteiger partial charge in [0.05, 0.1) is 5.75 Å². The second-order valence-electron chi connectivity index (χ2n) is 3.17. The van der Waals surface area contributed by atoms with E-state index >= 15 is 0 Å². The molecule has 6 heteroatoms. The third-order valence-corrected chi connectivity index (χ3v) is 3.03. The summed E-state index contributed by atoms with van der Waals surface area (Å²) in [4.78, 5) is 0. The van der Waals surface area contributed by atoms with Crippen LogP contribution < -0.4 is 0 Å². The molecular formula is C9H10Cl2O3S. The molecule has 0 spiro atoms. The monoisotopic (exact) mass is 268 g/mol. The first-order valence-electron chi connectivity index (χ1n) is 4.27. The minimum absolute atomic E-state index is 0.253. The van der Waals surface area contributed by atoms with Gasteiger partial charge in [-0.2, -0.15) is 8.42 Å². The molecule has 0 unspecified atom stereocenters. The molecular weight excluding hydrogens is 259 g/mol. The Morgan fingerprint density at radius 2 is 1.67 bits per heavy atom. The maximum atomic E-state index is 10.5. The lowest BCUT2D eigenvalue weighted by molar-refractivity contribution is 0.481. The van der Waals surface area contributed by atoms with Crippen molar-refractivity contribution in [3.05, 3.63) is 33.8 Å². The van der Waals surface area contributed by atoms with Crippen molar-refractivity contribution in [2.24, 2.45) is 0 Å². The van der Waals surface area contributed by atoms with Gasteiger partial charge < -0.3 is 0 Å². The number of hydrogen-bond acceptors (Lipinski definition) is 2. The van der Waals surface area contributed by atoms with E-state index in [1.807, 2.05) is 0 Å². The molecule has 1 aromatic rings. The summed E-state index contributed by atoms with van der Waals surface area (Å²) in [6.07, 6.45) is 0.857. The molecule has 0 aromatic heterocycles. The Balaban J connectivity index is 2.58. The van der Waals surface area contributed by atoms with Crippen molar-refractivity contribution in [3.8, 4) is 0 Å². The highest BCUT2D eigenvalue weighted by molar-refractivity contribution is 7.85. The fraction of sp³-hybridized carbons (Fsp3) is 0.333. The van der Waals surface area contributed by atoms with Crippen molar-refractivity contribution in [3.63, 3.8) is 0 Å². The number of hydrogen-bond donors (Lipinski definition) is 1. The maximum absolute atomic E-state index is 10.5. The summed E-state index contributed by atoms with van der Waals surface area (Å²) in [5.41, 5.74) is 0.858. The summed E-state index contributed by atoms with van der Waals surface area (Å²) >= 11 is 11.5. The van der Waals surface area contributed by atoms with E-state index in [4.69, 9.17) is 27.8 Å². The highest BCUT2D eigenvalue weighted by Gasteiger charge is 2.05. The van der Waals surface area contributed by atoms with Crippen LogP contribution in [-0.2, 0) is 16.5 Å². The molecule has 0 fully saturated rings. The Morgan fingerprint density at radius 1 is 1.13 bits per heavy atom. The summed E-state index contributed by atoms with van der Waals surface area (Å²) in [7, 11) is -3.88. The minimum atomic E-state index is -3.88. The topological polar surface area (TPSA) is 54.4 Å². The third kappa shape index (κ3) is 5.37. The summed E-state index contributed by atoms with van der Waals surface area (Å²) in [5, 5.41) is 1.04. The first-order valence-corrected chi connectivity index (χ1v) is 6.63. The Hall–Kier alpha value is -0.290. The molecule has 0 heterocycles. The van der Waals surface area contributed by atoms with Gasteiger partial charge in [0.25, 0.3) is 10.1 Å². The van der Waals surface area contributed by atoms with E-state index < -0.39 is 10.1 Å². The summed E-state index contributed by atoms with van der Waals surface area (Å²) in [5.74, 6) is -0.253. The van der Waals surface area contributed by atoms with E-state index in [1.54, 1.807) is 18.2 Å². The van der Waals surface area contributed by atoms with Gasteiger partial charge >= 0.3 is 0 Å². The van der Waals surface area contributed by atoms with E-state index in [0.717, 1.165) is 5.56 Å². The van der Waals surface area contributed by atoms with Gasteiger partial charge in [0, 0.05) is 10.0 Å². The molecule has 0 aliphatic heterocycles. The average Bonchev–Trinajstić information content (AvgIpc) is 1.99. The molecule has 1 aromatic carbocycles. The molecule has 3 nitrogen and oxygen atoms in total. The highest BCUT2D eigenvalue weighted by Crippen LogP contribution is 2.19. The molecule has 0 saturated heterocycles. The normalized spacial score (nSPS) is 11.7. The van der Waals surface area contributed by atoms with Crippen LogP contribution in [0.5, 0.6) is 0 Å². The average molecular weight is 269 g/mol. The second kappa shape index (κ2) is 5.16. The second-order valence-corrected chi connectivity index (χ2v) is 5.61. The van der Waals surface area contributed by atoms with Gasteiger partial charge in [-0.05, 0) is 36.6 Å². The van der Waals surface area contributed by atoms with E-state index in [1.165, 1.54) is 0 Å². The van der Waals surface area contributed by atoms with Crippen LogP contribution in [0.1, 0.15) is 12.0 Å². The molecule has 0 radical (unpaired) electrons. The van der Waals surface area contributed by atoms with Crippen LogP contribution in [0.2, 0.25) is 10.0 Å². The Labute approximate surface area is 98.8 Å². The van der Waals surface area contributed by atoms with Crippen LogP contribution in [0.3, 0.4) is 0 Å². The summed E-state index contributed by atoms with van der Waals surface area (Å²) in [6.45, 7) is 0. The standard InChI is InChI=1S/C9H10Cl2O3S/c10-8-4-7(5-9(11)6-8)2-1-3-15(12,13)14/h4-6H,1-3H2,(H,12,13,14). The summed E-state index contributed by atoms with van der Waals surface area (Å²) < 4.78 is 29.4. The number of benzene rings is 1. The molecule has 0 amide bonds. The Morgan fingerprint density at radius 3 is 2.13 bits per heavy atom. The van der Waals surface area contributed by atoms with E-state index in [2.05, 4.69) is 0 Å². The smallest absolute Gasteiger partial charge is 0.264 e. The highest BCUT2D eigenvalue weighted by atomic mass is 35.5. The lowest BCUT2D eigenvalue weighted by Crippen LogP contribution is -2.04. The minimum Gasteiger partial charge on any atom is -0.286 e. The van der Waals surface area contributed by atoms with Gasteiger partial charge in [-0.25, -0.2) is 0 Å². The van der Waals surface area contributed by atoms with Gasteiger partial charge in [-0.15, -0.1) is 0 Å². The van der Waals surface area contributed by atoms with Crippen molar-refractivity contribution >= 4 is 33.3 Å². The molecule has 0 atom stereocenters. The zero-order valence-corrected chi connectivity index (χ0v) is 10.1. The van der Waals surface area contributed by atoms with Crippen molar-refractivity contribution in [2.45, 2.75) is 12.8 Å². The van der Waals surface area contributed by atoms with Gasteiger partial charge in [0.15, 0.2) is 0 Å². The zero-order valence-electron chi connectivity index (χ0n) is 7.78. The first kappa shape index (κ1) is 12.8. The number of aryl methyl sites for hydroxylation is 1. The van der Waals surface area contributed by atoms with Crippen molar-refractivity contribution in [1.29, 1.82) is 0 Å². The number of halogens is 2. The van der Waals surface area contributed by atoms with Crippen LogP contribution in [0.25, 0.3) is 0 Å².